The number of benzene rings is 1. The van der Waals surface area contributed by atoms with Crippen molar-refractivity contribution in [2.75, 3.05) is 25.5 Å². The van der Waals surface area contributed by atoms with Gasteiger partial charge in [-0.15, -0.1) is 0 Å². The second kappa shape index (κ2) is 8.88. The van der Waals surface area contributed by atoms with E-state index in [9.17, 15) is 18.0 Å². The average Bonchev–Trinajstić information content (AvgIpc) is 2.64. The van der Waals surface area contributed by atoms with Crippen molar-refractivity contribution in [2.45, 2.75) is 37.7 Å². The maximum absolute atomic E-state index is 12.4. The maximum Gasteiger partial charge on any atom is 0.307 e. The number of fused-ring (bicyclic) bond motifs is 1. The highest BCUT2D eigenvalue weighted by Gasteiger charge is 2.23. The van der Waals surface area contributed by atoms with Gasteiger partial charge in [0.25, 0.3) is 5.91 Å². The number of sulfone groups is 1. The quantitative estimate of drug-likeness (QED) is 0.667. The lowest BCUT2D eigenvalue weighted by Gasteiger charge is -2.18. The summed E-state index contributed by atoms with van der Waals surface area (Å²) in [5.74, 6) is -0.725. The first-order valence-corrected chi connectivity index (χ1v) is 10.1. The van der Waals surface area contributed by atoms with Gasteiger partial charge in [0.15, 0.2) is 27.4 Å². The van der Waals surface area contributed by atoms with Crippen molar-refractivity contribution in [1.29, 1.82) is 0 Å². The SMILES string of the molecule is CCCNC(=O)C(C)OC(=O)CCS(=O)(=O)c1ccc2c(c1)OCCO2. The molecule has 144 valence electrons. The second-order valence-electron chi connectivity index (χ2n) is 5.80. The summed E-state index contributed by atoms with van der Waals surface area (Å²) in [4.78, 5) is 23.5. The first-order chi connectivity index (χ1) is 12.3. The molecule has 1 heterocycles. The zero-order valence-electron chi connectivity index (χ0n) is 14.8. The molecular weight excluding hydrogens is 362 g/mol. The molecule has 0 bridgehead atoms. The fourth-order valence-electron chi connectivity index (χ4n) is 2.25. The fourth-order valence-corrected chi connectivity index (χ4v) is 3.49. The van der Waals surface area contributed by atoms with Crippen LogP contribution in [0.15, 0.2) is 23.1 Å². The van der Waals surface area contributed by atoms with Crippen LogP contribution in [0.4, 0.5) is 0 Å². The summed E-state index contributed by atoms with van der Waals surface area (Å²) in [6.45, 7) is 4.59. The van der Waals surface area contributed by atoms with Gasteiger partial charge in [-0.2, -0.15) is 0 Å². The molecule has 1 aliphatic rings. The van der Waals surface area contributed by atoms with Crippen molar-refractivity contribution in [2.24, 2.45) is 0 Å². The third kappa shape index (κ3) is 5.35. The standard InChI is InChI=1S/C17H23NO7S/c1-3-7-18-17(20)12(2)25-16(19)6-10-26(21,22)13-4-5-14-15(11-13)24-9-8-23-14/h4-5,11-12H,3,6-10H2,1-2H3,(H,18,20). The maximum atomic E-state index is 12.4. The van der Waals surface area contributed by atoms with Crippen molar-refractivity contribution in [3.63, 3.8) is 0 Å². The van der Waals surface area contributed by atoms with Crippen LogP contribution in [0.5, 0.6) is 11.5 Å². The Labute approximate surface area is 152 Å². The highest BCUT2D eigenvalue weighted by atomic mass is 32.2. The average molecular weight is 385 g/mol. The van der Waals surface area contributed by atoms with Crippen molar-refractivity contribution < 1.29 is 32.2 Å². The predicted molar refractivity (Wildman–Crippen MR) is 93.0 cm³/mol. The monoisotopic (exact) mass is 385 g/mol. The molecule has 26 heavy (non-hydrogen) atoms. The molecule has 1 aliphatic heterocycles. The summed E-state index contributed by atoms with van der Waals surface area (Å²) in [6, 6.07) is 4.32. The number of amides is 1. The Morgan fingerprint density at radius 2 is 1.92 bits per heavy atom. The topological polar surface area (TPSA) is 108 Å². The van der Waals surface area contributed by atoms with E-state index in [2.05, 4.69) is 5.32 Å². The van der Waals surface area contributed by atoms with Gasteiger partial charge in [0.05, 0.1) is 17.1 Å². The van der Waals surface area contributed by atoms with Gasteiger partial charge in [-0.1, -0.05) is 6.92 Å². The van der Waals surface area contributed by atoms with Gasteiger partial charge in [-0.05, 0) is 25.5 Å². The summed E-state index contributed by atoms with van der Waals surface area (Å²) >= 11 is 0. The zero-order valence-corrected chi connectivity index (χ0v) is 15.6. The first kappa shape index (κ1) is 20.0. The largest absolute Gasteiger partial charge is 0.486 e. The number of nitrogens with one attached hydrogen (secondary N) is 1. The van der Waals surface area contributed by atoms with E-state index in [1.807, 2.05) is 6.92 Å². The smallest absolute Gasteiger partial charge is 0.307 e. The van der Waals surface area contributed by atoms with Gasteiger partial charge < -0.3 is 19.5 Å². The number of hydrogen-bond acceptors (Lipinski definition) is 7. The van der Waals surface area contributed by atoms with Gasteiger partial charge in [-0.3, -0.25) is 9.59 Å². The summed E-state index contributed by atoms with van der Waals surface area (Å²) < 4.78 is 40.5. The molecule has 8 nitrogen and oxygen atoms in total. The van der Waals surface area contributed by atoms with Gasteiger partial charge in [0.2, 0.25) is 0 Å². The molecule has 0 aromatic heterocycles. The molecule has 0 fully saturated rings. The molecule has 9 heteroatoms. The van der Waals surface area contributed by atoms with Gasteiger partial charge >= 0.3 is 5.97 Å². The zero-order chi connectivity index (χ0) is 19.2. The normalized spacial score (nSPS) is 14.4. The molecule has 2 rings (SSSR count). The Kier molecular flexibility index (Phi) is 6.84. The molecule has 1 aromatic rings. The highest BCUT2D eigenvalue weighted by Crippen LogP contribution is 2.32. The van der Waals surface area contributed by atoms with Crippen molar-refractivity contribution >= 4 is 21.7 Å². The van der Waals surface area contributed by atoms with Crippen LogP contribution in [0.25, 0.3) is 0 Å². The van der Waals surface area contributed by atoms with E-state index in [1.54, 1.807) is 0 Å². The molecule has 0 spiro atoms. The minimum Gasteiger partial charge on any atom is -0.486 e. The van der Waals surface area contributed by atoms with Crippen LogP contribution in [0.1, 0.15) is 26.7 Å². The Morgan fingerprint density at radius 1 is 1.23 bits per heavy atom. The highest BCUT2D eigenvalue weighted by molar-refractivity contribution is 7.91. The lowest BCUT2D eigenvalue weighted by Crippen LogP contribution is -2.36. The Hall–Kier alpha value is -2.29. The number of rotatable bonds is 8. The number of hydrogen-bond donors (Lipinski definition) is 1. The van der Waals surface area contributed by atoms with Crippen molar-refractivity contribution in [1.82, 2.24) is 5.32 Å². The van der Waals surface area contributed by atoms with Crippen LogP contribution >= 0.6 is 0 Å². The molecule has 1 unspecified atom stereocenters. The van der Waals surface area contributed by atoms with Crippen LogP contribution < -0.4 is 14.8 Å². The number of esters is 1. The lowest BCUT2D eigenvalue weighted by atomic mass is 10.3. The van der Waals surface area contributed by atoms with Crippen LogP contribution in [0, 0.1) is 0 Å². The van der Waals surface area contributed by atoms with Crippen molar-refractivity contribution in [3.8, 4) is 11.5 Å². The van der Waals surface area contributed by atoms with Gasteiger partial charge in [0, 0.05) is 12.6 Å². The van der Waals surface area contributed by atoms with Gasteiger partial charge in [0.1, 0.15) is 13.2 Å². The van der Waals surface area contributed by atoms with E-state index < -0.39 is 33.6 Å². The number of carbonyl (C=O) groups is 2. The summed E-state index contributed by atoms with van der Waals surface area (Å²) in [5.41, 5.74) is 0. The van der Waals surface area contributed by atoms with E-state index >= 15 is 0 Å². The second-order valence-corrected chi connectivity index (χ2v) is 7.91. The summed E-state index contributed by atoms with van der Waals surface area (Å²) in [5, 5.41) is 2.60. The minimum atomic E-state index is -3.70. The molecule has 0 saturated carbocycles. The van der Waals surface area contributed by atoms with Crippen molar-refractivity contribution in [3.05, 3.63) is 18.2 Å². The molecule has 1 N–H and O–H groups in total. The van der Waals surface area contributed by atoms with Crippen LogP contribution in [0.3, 0.4) is 0 Å². The minimum absolute atomic E-state index is 0.0447. The number of ether oxygens (including phenoxy) is 3. The molecule has 1 aromatic carbocycles. The Morgan fingerprint density at radius 3 is 2.62 bits per heavy atom. The van der Waals surface area contributed by atoms with Crippen LogP contribution in [-0.4, -0.2) is 51.9 Å². The molecule has 1 atom stereocenters. The van der Waals surface area contributed by atoms with E-state index in [0.29, 0.717) is 31.3 Å². The molecule has 0 aliphatic carbocycles. The van der Waals surface area contributed by atoms with E-state index in [1.165, 1.54) is 25.1 Å². The summed E-state index contributed by atoms with van der Waals surface area (Å²) in [6.07, 6.45) is -0.548. The lowest BCUT2D eigenvalue weighted by molar-refractivity contribution is -0.154. The molecular formula is C17H23NO7S. The number of carbonyl (C=O) groups excluding carboxylic acids is 2. The summed E-state index contributed by atoms with van der Waals surface area (Å²) in [7, 11) is -3.70. The predicted octanol–water partition coefficient (Wildman–Crippen LogP) is 1.08. The van der Waals surface area contributed by atoms with Crippen LogP contribution in [0.2, 0.25) is 0 Å². The molecule has 1 amide bonds. The van der Waals surface area contributed by atoms with E-state index in [4.69, 9.17) is 14.2 Å². The Bertz CT molecular complexity index is 760. The first-order valence-electron chi connectivity index (χ1n) is 8.43. The molecule has 0 radical (unpaired) electrons. The fraction of sp³-hybridized carbons (Fsp3) is 0.529. The van der Waals surface area contributed by atoms with Crippen LogP contribution in [-0.2, 0) is 24.2 Å². The third-order valence-corrected chi connectivity index (χ3v) is 5.39. The Balaban J connectivity index is 1.91. The van der Waals surface area contributed by atoms with E-state index in [-0.39, 0.29) is 11.3 Å². The van der Waals surface area contributed by atoms with Gasteiger partial charge in [-0.25, -0.2) is 8.42 Å². The third-order valence-electron chi connectivity index (χ3n) is 3.67. The molecule has 0 saturated heterocycles. The van der Waals surface area contributed by atoms with E-state index in [0.717, 1.165) is 6.42 Å².